The lowest BCUT2D eigenvalue weighted by Crippen LogP contribution is -2.36. The van der Waals surface area contributed by atoms with Crippen LogP contribution >= 0.6 is 11.3 Å². The van der Waals surface area contributed by atoms with Crippen molar-refractivity contribution in [2.45, 2.75) is 32.2 Å². The molecule has 0 bridgehead atoms. The summed E-state index contributed by atoms with van der Waals surface area (Å²) in [5.74, 6) is 0. The maximum atomic E-state index is 2.54. The molecule has 0 aliphatic carbocycles. The van der Waals surface area contributed by atoms with Crippen LogP contribution in [-0.2, 0) is 0 Å². The van der Waals surface area contributed by atoms with Crippen molar-refractivity contribution in [3.63, 3.8) is 0 Å². The molecule has 1 aromatic heterocycles. The van der Waals surface area contributed by atoms with E-state index in [0.717, 1.165) is 6.04 Å². The summed E-state index contributed by atoms with van der Waals surface area (Å²) >= 11 is 1.86. The highest BCUT2D eigenvalue weighted by molar-refractivity contribution is 7.14. The van der Waals surface area contributed by atoms with Gasteiger partial charge in [-0.1, -0.05) is 0 Å². The lowest BCUT2D eigenvalue weighted by atomic mass is 10.0. The van der Waals surface area contributed by atoms with E-state index in [1.54, 1.807) is 0 Å². The van der Waals surface area contributed by atoms with Gasteiger partial charge in [-0.25, -0.2) is 0 Å². The van der Waals surface area contributed by atoms with Crippen LogP contribution in [0.4, 0.5) is 5.00 Å². The van der Waals surface area contributed by atoms with Crippen molar-refractivity contribution in [3.05, 3.63) is 17.5 Å². The zero-order chi connectivity index (χ0) is 8.39. The van der Waals surface area contributed by atoms with Gasteiger partial charge < -0.3 is 4.90 Å². The predicted molar refractivity (Wildman–Crippen MR) is 55.0 cm³/mol. The molecule has 0 amide bonds. The minimum atomic E-state index is 0.748. The highest BCUT2D eigenvalue weighted by Gasteiger charge is 2.18. The van der Waals surface area contributed by atoms with Gasteiger partial charge in [0.1, 0.15) is 0 Å². The van der Waals surface area contributed by atoms with Crippen LogP contribution in [0, 0.1) is 0 Å². The second-order valence-electron chi connectivity index (χ2n) is 3.49. The molecule has 1 aliphatic heterocycles. The zero-order valence-corrected chi connectivity index (χ0v) is 8.31. The van der Waals surface area contributed by atoms with Crippen molar-refractivity contribution in [3.8, 4) is 0 Å². The van der Waals surface area contributed by atoms with E-state index in [2.05, 4.69) is 29.3 Å². The Bertz CT molecular complexity index is 230. The topological polar surface area (TPSA) is 3.24 Å². The van der Waals surface area contributed by atoms with Crippen molar-refractivity contribution < 1.29 is 0 Å². The van der Waals surface area contributed by atoms with Gasteiger partial charge in [-0.15, -0.1) is 11.3 Å². The molecule has 2 heterocycles. The highest BCUT2D eigenvalue weighted by Crippen LogP contribution is 2.28. The van der Waals surface area contributed by atoms with Crippen LogP contribution in [0.2, 0.25) is 0 Å². The third-order valence-corrected chi connectivity index (χ3v) is 3.50. The average molecular weight is 181 g/mol. The van der Waals surface area contributed by atoms with Crippen LogP contribution in [0.3, 0.4) is 0 Å². The summed E-state index contributed by atoms with van der Waals surface area (Å²) in [6.07, 6.45) is 4.13. The van der Waals surface area contributed by atoms with Crippen LogP contribution in [-0.4, -0.2) is 12.6 Å². The van der Waals surface area contributed by atoms with E-state index >= 15 is 0 Å². The summed E-state index contributed by atoms with van der Waals surface area (Å²) in [6.45, 7) is 3.58. The van der Waals surface area contributed by atoms with E-state index in [4.69, 9.17) is 0 Å². The lowest BCUT2D eigenvalue weighted by Gasteiger charge is -2.34. The summed E-state index contributed by atoms with van der Waals surface area (Å²) in [5.41, 5.74) is 0. The normalized spacial score (nSPS) is 24.4. The van der Waals surface area contributed by atoms with Gasteiger partial charge in [0.25, 0.3) is 0 Å². The van der Waals surface area contributed by atoms with Crippen molar-refractivity contribution in [1.29, 1.82) is 0 Å². The number of thiophene rings is 1. The van der Waals surface area contributed by atoms with Gasteiger partial charge in [0.2, 0.25) is 0 Å². The summed E-state index contributed by atoms with van der Waals surface area (Å²) in [7, 11) is 0. The van der Waals surface area contributed by atoms with Crippen molar-refractivity contribution in [1.82, 2.24) is 0 Å². The maximum absolute atomic E-state index is 2.54. The standard InChI is InChI=1S/C10H15NS/c1-9-5-2-3-7-11(9)10-6-4-8-12-10/h4,6,8-9H,2-3,5,7H2,1H3. The molecular weight excluding hydrogens is 166 g/mol. The number of rotatable bonds is 1. The van der Waals surface area contributed by atoms with Gasteiger partial charge in [-0.05, 0) is 43.7 Å². The van der Waals surface area contributed by atoms with E-state index in [1.807, 2.05) is 11.3 Å². The molecule has 1 nitrogen and oxygen atoms in total. The van der Waals surface area contributed by atoms with E-state index in [0.29, 0.717) is 0 Å². The SMILES string of the molecule is CC1CCCCN1c1cccs1. The third-order valence-electron chi connectivity index (χ3n) is 2.59. The van der Waals surface area contributed by atoms with Gasteiger partial charge in [0.15, 0.2) is 0 Å². The number of nitrogens with zero attached hydrogens (tertiary/aromatic N) is 1. The minimum absolute atomic E-state index is 0.748. The molecule has 0 saturated carbocycles. The van der Waals surface area contributed by atoms with Crippen LogP contribution in [0.25, 0.3) is 0 Å². The van der Waals surface area contributed by atoms with Crippen LogP contribution in [0.15, 0.2) is 17.5 Å². The van der Waals surface area contributed by atoms with Crippen LogP contribution in [0.5, 0.6) is 0 Å². The largest absolute Gasteiger partial charge is 0.361 e. The Kier molecular flexibility index (Phi) is 2.35. The number of anilines is 1. The second-order valence-corrected chi connectivity index (χ2v) is 4.42. The number of hydrogen-bond donors (Lipinski definition) is 0. The fourth-order valence-electron chi connectivity index (χ4n) is 1.86. The summed E-state index contributed by atoms with van der Waals surface area (Å²) in [4.78, 5) is 2.54. The highest BCUT2D eigenvalue weighted by atomic mass is 32.1. The molecule has 2 heteroatoms. The lowest BCUT2D eigenvalue weighted by molar-refractivity contribution is 0.487. The summed E-state index contributed by atoms with van der Waals surface area (Å²) < 4.78 is 0. The van der Waals surface area contributed by atoms with Crippen molar-refractivity contribution in [2.24, 2.45) is 0 Å². The van der Waals surface area contributed by atoms with Crippen molar-refractivity contribution in [2.75, 3.05) is 11.4 Å². The predicted octanol–water partition coefficient (Wildman–Crippen LogP) is 3.13. The average Bonchev–Trinajstić information content (AvgIpc) is 2.57. The van der Waals surface area contributed by atoms with E-state index in [-0.39, 0.29) is 0 Å². The molecule has 2 rings (SSSR count). The first-order chi connectivity index (χ1) is 5.88. The molecule has 1 saturated heterocycles. The molecule has 12 heavy (non-hydrogen) atoms. The molecule has 1 aromatic rings. The first-order valence-electron chi connectivity index (χ1n) is 4.68. The van der Waals surface area contributed by atoms with Crippen LogP contribution in [0.1, 0.15) is 26.2 Å². The summed E-state index contributed by atoms with van der Waals surface area (Å²) in [6, 6.07) is 5.12. The minimum Gasteiger partial charge on any atom is -0.361 e. The Hall–Kier alpha value is -0.500. The third kappa shape index (κ3) is 1.48. The fraction of sp³-hybridized carbons (Fsp3) is 0.600. The van der Waals surface area contributed by atoms with Crippen LogP contribution < -0.4 is 4.90 Å². The first kappa shape index (κ1) is 8.11. The molecule has 0 N–H and O–H groups in total. The van der Waals surface area contributed by atoms with Gasteiger partial charge >= 0.3 is 0 Å². The Labute approximate surface area is 78.0 Å². The molecular formula is C10H15NS. The second kappa shape index (κ2) is 3.48. The molecule has 1 aliphatic rings. The summed E-state index contributed by atoms with van der Waals surface area (Å²) in [5, 5.41) is 3.61. The first-order valence-corrected chi connectivity index (χ1v) is 5.56. The molecule has 0 radical (unpaired) electrons. The smallest absolute Gasteiger partial charge is 0.0910 e. The molecule has 66 valence electrons. The Morgan fingerprint density at radius 2 is 2.42 bits per heavy atom. The quantitative estimate of drug-likeness (QED) is 0.643. The molecule has 0 aromatic carbocycles. The van der Waals surface area contributed by atoms with E-state index in [9.17, 15) is 0 Å². The maximum Gasteiger partial charge on any atom is 0.0910 e. The Morgan fingerprint density at radius 3 is 3.08 bits per heavy atom. The monoisotopic (exact) mass is 181 g/mol. The molecule has 1 unspecified atom stereocenters. The van der Waals surface area contributed by atoms with Crippen molar-refractivity contribution >= 4 is 16.3 Å². The number of piperidine rings is 1. The Morgan fingerprint density at radius 1 is 1.50 bits per heavy atom. The molecule has 1 fully saturated rings. The molecule has 1 atom stereocenters. The molecule has 0 spiro atoms. The van der Waals surface area contributed by atoms with Gasteiger partial charge in [0.05, 0.1) is 5.00 Å². The Balaban J connectivity index is 2.11. The number of hydrogen-bond acceptors (Lipinski definition) is 2. The zero-order valence-electron chi connectivity index (χ0n) is 7.49. The van der Waals surface area contributed by atoms with Gasteiger partial charge in [0, 0.05) is 12.6 Å². The fourth-order valence-corrected chi connectivity index (χ4v) is 2.72. The van der Waals surface area contributed by atoms with Gasteiger partial charge in [-0.2, -0.15) is 0 Å². The van der Waals surface area contributed by atoms with Gasteiger partial charge in [-0.3, -0.25) is 0 Å². The van der Waals surface area contributed by atoms with E-state index < -0.39 is 0 Å². The van der Waals surface area contributed by atoms with E-state index in [1.165, 1.54) is 30.8 Å².